The third-order valence-corrected chi connectivity index (χ3v) is 13.4. The molecule has 3 aromatic heterocycles. The molecule has 5 aromatic rings. The number of alkyl halides is 2. The number of rotatable bonds is 13. The van der Waals surface area contributed by atoms with Gasteiger partial charge in [-0.25, -0.2) is 13.8 Å². The molecule has 4 aliphatic heterocycles. The van der Waals surface area contributed by atoms with E-state index in [1.165, 1.54) is 0 Å². The number of fused-ring (bicyclic) bond motifs is 3. The van der Waals surface area contributed by atoms with Crippen LogP contribution in [0.1, 0.15) is 110 Å². The largest absolute Gasteiger partial charge is 0.370 e. The van der Waals surface area contributed by atoms with Crippen molar-refractivity contribution in [2.24, 2.45) is 7.05 Å². The Hall–Kier alpha value is -6.72. The number of imide groups is 1. The minimum absolute atomic E-state index is 0.0169. The molecule has 4 aliphatic rings. The molecule has 9 rings (SSSR count). The Bertz CT molecular complexity index is 2690. The number of likely N-dealkylation sites (tertiary alicyclic amines) is 1. The standard InChI is InChI=1S/C48H55F2N11O5/c1-29(62)59-23-18-39-37(28-59)46(60-20-7-9-31-24-35(32-26-52-57(2)27-32)36(45(49)50)25-40(31)60)56-61(39)33-16-21-58(22-17-33)43(64)11-4-3-5-19-51-41-14-12-30-8-6-10-34(44(30)54-41)47(65)53-38-13-15-42(63)55-48(38)66/h6,8,10,12,14,24-27,33,38,45H,3-5,7,9,11,13,15-23,28H2,1-2H3,(H,51,54)(H,53,65)(H,55,63,66). The Balaban J connectivity index is 0.800. The highest BCUT2D eigenvalue weighted by Crippen LogP contribution is 2.44. The van der Waals surface area contributed by atoms with Gasteiger partial charge < -0.3 is 25.3 Å². The summed E-state index contributed by atoms with van der Waals surface area (Å²) in [7, 11) is 1.77. The Morgan fingerprint density at radius 2 is 1.77 bits per heavy atom. The molecule has 346 valence electrons. The van der Waals surface area contributed by atoms with Crippen molar-refractivity contribution >= 4 is 57.8 Å². The molecule has 3 N–H and O–H groups in total. The topological polar surface area (TPSA) is 180 Å². The first-order valence-corrected chi connectivity index (χ1v) is 23.0. The highest BCUT2D eigenvalue weighted by Gasteiger charge is 2.35. The van der Waals surface area contributed by atoms with E-state index in [9.17, 15) is 32.8 Å². The zero-order valence-electron chi connectivity index (χ0n) is 37.3. The van der Waals surface area contributed by atoms with Crippen molar-refractivity contribution in [1.82, 2.24) is 45.0 Å². The molecule has 2 saturated heterocycles. The van der Waals surface area contributed by atoms with E-state index in [0.717, 1.165) is 78.7 Å². The maximum atomic E-state index is 14.7. The molecular weight excluding hydrogens is 849 g/mol. The molecule has 2 fully saturated rings. The number of benzene rings is 2. The second-order valence-electron chi connectivity index (χ2n) is 17.8. The zero-order chi connectivity index (χ0) is 46.1. The fourth-order valence-corrected chi connectivity index (χ4v) is 9.88. The van der Waals surface area contributed by atoms with Crippen LogP contribution in [0.3, 0.4) is 0 Å². The number of hydrogen-bond acceptors (Lipinski definition) is 10. The molecule has 0 radical (unpaired) electrons. The van der Waals surface area contributed by atoms with Gasteiger partial charge in [-0.2, -0.15) is 10.2 Å². The zero-order valence-corrected chi connectivity index (χ0v) is 37.3. The minimum atomic E-state index is -2.69. The Kier molecular flexibility index (Phi) is 12.8. The Morgan fingerprint density at radius 1 is 0.939 bits per heavy atom. The molecule has 1 unspecified atom stereocenters. The number of aryl methyl sites for hydroxylation is 2. The van der Waals surface area contributed by atoms with E-state index in [0.29, 0.717) is 80.1 Å². The van der Waals surface area contributed by atoms with Crippen LogP contribution in [-0.2, 0) is 45.6 Å². The summed E-state index contributed by atoms with van der Waals surface area (Å²) in [5.74, 6) is 0.146. The third-order valence-electron chi connectivity index (χ3n) is 13.4. The van der Waals surface area contributed by atoms with E-state index in [1.807, 2.05) is 34.1 Å². The lowest BCUT2D eigenvalue weighted by Crippen LogP contribution is -2.52. The molecule has 1 atom stereocenters. The summed E-state index contributed by atoms with van der Waals surface area (Å²) in [6, 6.07) is 11.8. The van der Waals surface area contributed by atoms with Crippen LogP contribution in [0.4, 0.5) is 26.1 Å². The predicted molar refractivity (Wildman–Crippen MR) is 243 cm³/mol. The van der Waals surface area contributed by atoms with Gasteiger partial charge in [0.2, 0.25) is 23.6 Å². The van der Waals surface area contributed by atoms with Crippen LogP contribution in [0.25, 0.3) is 22.0 Å². The number of halogens is 2. The summed E-state index contributed by atoms with van der Waals surface area (Å²) in [6.07, 6.45) is 7.62. The van der Waals surface area contributed by atoms with Crippen LogP contribution < -0.4 is 20.9 Å². The number of nitrogens with zero attached hydrogens (tertiary/aromatic N) is 8. The molecule has 0 saturated carbocycles. The average molecular weight is 904 g/mol. The SMILES string of the molecule is CC(=O)N1CCc2c(c(N3CCCc4cc(-c5cnn(C)c5)c(C(F)F)cc43)nn2C2CCN(C(=O)CCCCCNc3ccc4cccc(C(=O)NC5CCC(=O)NC5=O)c4n3)CC2)C1. The van der Waals surface area contributed by atoms with Crippen molar-refractivity contribution in [3.63, 3.8) is 0 Å². The van der Waals surface area contributed by atoms with E-state index < -0.39 is 24.3 Å². The summed E-state index contributed by atoms with van der Waals surface area (Å²) >= 11 is 0. The number of pyridine rings is 1. The average Bonchev–Trinajstić information content (AvgIpc) is 3.93. The van der Waals surface area contributed by atoms with Gasteiger partial charge in [0, 0.05) is 106 Å². The number of hydrogen-bond donors (Lipinski definition) is 3. The number of carbonyl (C=O) groups is 5. The first-order chi connectivity index (χ1) is 31.9. The highest BCUT2D eigenvalue weighted by molar-refractivity contribution is 6.08. The van der Waals surface area contributed by atoms with Crippen molar-refractivity contribution in [3.05, 3.63) is 82.8 Å². The summed E-state index contributed by atoms with van der Waals surface area (Å²) < 4.78 is 33.2. The summed E-state index contributed by atoms with van der Waals surface area (Å²) in [5.41, 5.74) is 5.66. The van der Waals surface area contributed by atoms with Gasteiger partial charge in [0.1, 0.15) is 11.9 Å². The van der Waals surface area contributed by atoms with Crippen molar-refractivity contribution in [3.8, 4) is 11.1 Å². The van der Waals surface area contributed by atoms with Crippen LogP contribution in [0.2, 0.25) is 0 Å². The number of carbonyl (C=O) groups excluding carboxylic acids is 5. The number of unbranched alkanes of at least 4 members (excludes halogenated alkanes) is 2. The number of para-hydroxylation sites is 1. The van der Waals surface area contributed by atoms with Crippen LogP contribution in [-0.4, -0.2) is 103 Å². The fourth-order valence-electron chi connectivity index (χ4n) is 9.88. The molecule has 18 heteroatoms. The van der Waals surface area contributed by atoms with Gasteiger partial charge in [-0.1, -0.05) is 18.6 Å². The molecule has 0 spiro atoms. The van der Waals surface area contributed by atoms with Gasteiger partial charge in [0.25, 0.3) is 12.3 Å². The van der Waals surface area contributed by atoms with Gasteiger partial charge in [-0.3, -0.25) is 38.7 Å². The van der Waals surface area contributed by atoms with Crippen molar-refractivity contribution in [2.45, 2.75) is 103 Å². The maximum Gasteiger partial charge on any atom is 0.264 e. The smallest absolute Gasteiger partial charge is 0.264 e. The second kappa shape index (κ2) is 19.0. The predicted octanol–water partition coefficient (Wildman–Crippen LogP) is 6.13. The summed E-state index contributed by atoms with van der Waals surface area (Å²) in [5, 5.41) is 18.6. The van der Waals surface area contributed by atoms with E-state index >= 15 is 0 Å². The van der Waals surface area contributed by atoms with Gasteiger partial charge >= 0.3 is 0 Å². The molecule has 0 aliphatic carbocycles. The van der Waals surface area contributed by atoms with E-state index in [2.05, 4.69) is 30.6 Å². The lowest BCUT2D eigenvalue weighted by Gasteiger charge is -2.34. The van der Waals surface area contributed by atoms with Crippen molar-refractivity contribution in [1.29, 1.82) is 0 Å². The quantitative estimate of drug-likeness (QED) is 0.0920. The Morgan fingerprint density at radius 3 is 2.53 bits per heavy atom. The normalized spacial score (nSPS) is 17.8. The summed E-state index contributed by atoms with van der Waals surface area (Å²) in [4.78, 5) is 73.6. The molecule has 66 heavy (non-hydrogen) atoms. The molecule has 5 amide bonds. The molecule has 0 bridgehead atoms. The van der Waals surface area contributed by atoms with Gasteiger partial charge in [0.15, 0.2) is 5.82 Å². The van der Waals surface area contributed by atoms with E-state index in [1.54, 1.807) is 49.2 Å². The lowest BCUT2D eigenvalue weighted by atomic mass is 9.92. The first-order valence-electron chi connectivity index (χ1n) is 23.0. The van der Waals surface area contributed by atoms with Gasteiger partial charge in [0.05, 0.1) is 29.9 Å². The third kappa shape index (κ3) is 9.22. The van der Waals surface area contributed by atoms with Crippen LogP contribution in [0, 0.1) is 0 Å². The molecular formula is C48H55F2N11O5. The highest BCUT2D eigenvalue weighted by atomic mass is 19.3. The number of amides is 5. The fraction of sp³-hybridized carbons (Fsp3) is 0.458. The van der Waals surface area contributed by atoms with Crippen LogP contribution in [0.15, 0.2) is 54.9 Å². The summed E-state index contributed by atoms with van der Waals surface area (Å²) in [6.45, 7) is 5.02. The number of anilines is 3. The first kappa shape index (κ1) is 44.5. The minimum Gasteiger partial charge on any atom is -0.370 e. The number of aromatic nitrogens is 5. The lowest BCUT2D eigenvalue weighted by molar-refractivity contribution is -0.135. The molecule has 16 nitrogen and oxygen atoms in total. The van der Waals surface area contributed by atoms with Crippen LogP contribution in [0.5, 0.6) is 0 Å². The van der Waals surface area contributed by atoms with Gasteiger partial charge in [-0.15, -0.1) is 0 Å². The maximum absolute atomic E-state index is 14.7. The molecule has 2 aromatic carbocycles. The van der Waals surface area contributed by atoms with E-state index in [-0.39, 0.29) is 42.2 Å². The van der Waals surface area contributed by atoms with Gasteiger partial charge in [-0.05, 0) is 86.4 Å². The van der Waals surface area contributed by atoms with E-state index in [4.69, 9.17) is 10.1 Å². The van der Waals surface area contributed by atoms with Crippen molar-refractivity contribution < 1.29 is 32.8 Å². The second-order valence-corrected chi connectivity index (χ2v) is 17.8. The van der Waals surface area contributed by atoms with Crippen molar-refractivity contribution in [2.75, 3.05) is 42.9 Å². The number of nitrogens with one attached hydrogen (secondary N) is 3. The van der Waals surface area contributed by atoms with Crippen LogP contribution >= 0.6 is 0 Å². The monoisotopic (exact) mass is 903 g/mol. The Labute approximate surface area is 381 Å². The number of piperidine rings is 2. The molecule has 7 heterocycles.